The maximum atomic E-state index is 12.5. The van der Waals surface area contributed by atoms with E-state index in [2.05, 4.69) is 10.3 Å². The number of ether oxygens (including phenoxy) is 1. The van der Waals surface area contributed by atoms with Crippen LogP contribution in [0.15, 0.2) is 47.5 Å². The molecule has 2 aromatic rings. The molecule has 6 nitrogen and oxygen atoms in total. The summed E-state index contributed by atoms with van der Waals surface area (Å²) in [5.41, 5.74) is 0.970. The van der Waals surface area contributed by atoms with E-state index in [0.29, 0.717) is 37.9 Å². The normalized spacial score (nSPS) is 16.0. The van der Waals surface area contributed by atoms with Crippen LogP contribution in [0.5, 0.6) is 0 Å². The quantitative estimate of drug-likeness (QED) is 0.873. The summed E-state index contributed by atoms with van der Waals surface area (Å²) in [5.74, 6) is 0.718. The third-order valence-electron chi connectivity index (χ3n) is 3.82. The minimum Gasteiger partial charge on any atom is -0.379 e. The highest BCUT2D eigenvalue weighted by Crippen LogP contribution is 2.18. The molecule has 1 aromatic carbocycles. The van der Waals surface area contributed by atoms with Gasteiger partial charge in [0.05, 0.1) is 13.2 Å². The molecule has 1 saturated heterocycles. The van der Waals surface area contributed by atoms with Crippen LogP contribution in [-0.4, -0.2) is 39.0 Å². The zero-order valence-electron chi connectivity index (χ0n) is 13.0. The molecule has 8 heteroatoms. The number of aromatic amines is 1. The summed E-state index contributed by atoms with van der Waals surface area (Å²) in [5, 5.41) is 3.88. The molecule has 0 radical (unpaired) electrons. The number of pyridine rings is 1. The minimum atomic E-state index is -3.48. The Hall–Kier alpha value is -1.67. The number of aromatic nitrogens is 1. The number of benzene rings is 1. The zero-order chi connectivity index (χ0) is 17.0. The van der Waals surface area contributed by atoms with Gasteiger partial charge in [-0.3, -0.25) is 5.32 Å². The zero-order valence-corrected chi connectivity index (χ0v) is 14.6. The Morgan fingerprint density at radius 3 is 2.58 bits per heavy atom. The van der Waals surface area contributed by atoms with Crippen molar-refractivity contribution in [1.29, 1.82) is 0 Å². The summed E-state index contributed by atoms with van der Waals surface area (Å²) >= 11 is 6.12. The average molecular weight is 369 g/mol. The number of sulfonamides is 1. The number of hydrogen-bond donors (Lipinski definition) is 1. The first kappa shape index (κ1) is 17.2. The van der Waals surface area contributed by atoms with Gasteiger partial charge >= 0.3 is 0 Å². The fraction of sp³-hybridized carbons (Fsp3) is 0.312. The molecule has 0 aliphatic carbocycles. The molecule has 0 spiro atoms. The van der Waals surface area contributed by atoms with Gasteiger partial charge in [-0.25, -0.2) is 13.4 Å². The molecule has 1 aromatic heterocycles. The average Bonchev–Trinajstić information content (AvgIpc) is 2.62. The molecule has 0 amide bonds. The molecule has 1 fully saturated rings. The molecule has 128 valence electrons. The van der Waals surface area contributed by atoms with Gasteiger partial charge in [-0.15, -0.1) is 0 Å². The lowest BCUT2D eigenvalue weighted by molar-refractivity contribution is -0.364. The second kappa shape index (κ2) is 7.48. The summed E-state index contributed by atoms with van der Waals surface area (Å²) in [6.07, 6.45) is 1.50. The minimum absolute atomic E-state index is 0.243. The first-order valence-corrected chi connectivity index (χ1v) is 9.46. The predicted molar refractivity (Wildman–Crippen MR) is 91.4 cm³/mol. The number of halogens is 1. The second-order valence-corrected chi connectivity index (χ2v) is 7.74. The number of anilines is 1. The third kappa shape index (κ3) is 3.87. The van der Waals surface area contributed by atoms with E-state index in [4.69, 9.17) is 16.3 Å². The summed E-state index contributed by atoms with van der Waals surface area (Å²) in [6.45, 7) is 2.18. The molecule has 3 rings (SSSR count). The topological polar surface area (TPSA) is 72.8 Å². The van der Waals surface area contributed by atoms with Crippen molar-refractivity contribution >= 4 is 27.4 Å². The van der Waals surface area contributed by atoms with Crippen molar-refractivity contribution in [3.05, 3.63) is 53.2 Å². The molecule has 2 heterocycles. The number of hydrogen-bond acceptors (Lipinski definition) is 4. The van der Waals surface area contributed by atoms with Crippen molar-refractivity contribution in [3.63, 3.8) is 0 Å². The van der Waals surface area contributed by atoms with Crippen molar-refractivity contribution in [2.45, 2.75) is 11.4 Å². The molecule has 1 aliphatic rings. The van der Waals surface area contributed by atoms with E-state index in [1.54, 1.807) is 12.1 Å². The van der Waals surface area contributed by atoms with Crippen LogP contribution < -0.4 is 10.3 Å². The van der Waals surface area contributed by atoms with Crippen LogP contribution in [0.3, 0.4) is 0 Å². The van der Waals surface area contributed by atoms with Crippen molar-refractivity contribution in [2.75, 3.05) is 31.6 Å². The monoisotopic (exact) mass is 368 g/mol. The highest BCUT2D eigenvalue weighted by Gasteiger charge is 2.27. The SMILES string of the molecule is O=S(=O)(c1ccc(NCc2ccccc2Cl)[nH+]c1)N1CCOCC1. The third-order valence-corrected chi connectivity index (χ3v) is 6.08. The van der Waals surface area contributed by atoms with E-state index in [-0.39, 0.29) is 4.90 Å². The van der Waals surface area contributed by atoms with Gasteiger partial charge in [0, 0.05) is 29.7 Å². The molecule has 2 N–H and O–H groups in total. The van der Waals surface area contributed by atoms with Crippen molar-refractivity contribution in [1.82, 2.24) is 4.31 Å². The summed E-state index contributed by atoms with van der Waals surface area (Å²) in [6, 6.07) is 10.9. The van der Waals surface area contributed by atoms with E-state index in [1.165, 1.54) is 10.5 Å². The van der Waals surface area contributed by atoms with Crippen LogP contribution in [0.2, 0.25) is 5.02 Å². The highest BCUT2D eigenvalue weighted by atomic mass is 35.5. The maximum absolute atomic E-state index is 12.5. The Labute approximate surface area is 146 Å². The smallest absolute Gasteiger partial charge is 0.272 e. The van der Waals surface area contributed by atoms with Gasteiger partial charge in [0.15, 0.2) is 0 Å². The molecule has 0 bridgehead atoms. The Morgan fingerprint density at radius 2 is 1.92 bits per heavy atom. The molecule has 0 atom stereocenters. The van der Waals surface area contributed by atoms with Crippen molar-refractivity contribution < 1.29 is 18.1 Å². The molecular weight excluding hydrogens is 350 g/mol. The van der Waals surface area contributed by atoms with Crippen LogP contribution in [-0.2, 0) is 21.3 Å². The molecule has 1 aliphatic heterocycles. The number of morpholine rings is 1. The lowest BCUT2D eigenvalue weighted by Crippen LogP contribution is -2.40. The first-order valence-electron chi connectivity index (χ1n) is 7.64. The van der Waals surface area contributed by atoms with E-state index >= 15 is 0 Å². The number of nitrogens with zero attached hydrogens (tertiary/aromatic N) is 1. The van der Waals surface area contributed by atoms with E-state index < -0.39 is 10.0 Å². The van der Waals surface area contributed by atoms with E-state index in [1.807, 2.05) is 24.3 Å². The number of H-pyrrole nitrogens is 1. The fourth-order valence-corrected chi connectivity index (χ4v) is 4.03. The molecule has 0 saturated carbocycles. The van der Waals surface area contributed by atoms with Crippen LogP contribution in [0.25, 0.3) is 0 Å². The molecular formula is C16H19ClN3O3S+. The van der Waals surface area contributed by atoms with Gasteiger partial charge in [0.2, 0.25) is 10.0 Å². The van der Waals surface area contributed by atoms with Crippen LogP contribution in [0.1, 0.15) is 5.56 Å². The first-order chi connectivity index (χ1) is 11.6. The van der Waals surface area contributed by atoms with Crippen LogP contribution in [0, 0.1) is 0 Å². The van der Waals surface area contributed by atoms with Gasteiger partial charge in [0.25, 0.3) is 5.82 Å². The van der Waals surface area contributed by atoms with Gasteiger partial charge in [-0.1, -0.05) is 29.8 Å². The van der Waals surface area contributed by atoms with Crippen molar-refractivity contribution in [3.8, 4) is 0 Å². The second-order valence-electron chi connectivity index (χ2n) is 5.40. The Balaban J connectivity index is 1.68. The van der Waals surface area contributed by atoms with Gasteiger partial charge in [-0.2, -0.15) is 4.31 Å². The number of rotatable bonds is 5. The fourth-order valence-electron chi connectivity index (χ4n) is 2.45. The predicted octanol–water partition coefficient (Wildman–Crippen LogP) is 1.79. The standard InChI is InChI=1S/C16H18ClN3O3S/c17-15-4-2-1-3-13(15)11-18-16-6-5-14(12-19-16)24(21,22)20-7-9-23-10-8-20/h1-6,12H,7-11H2,(H,18,19)/p+1. The van der Waals surface area contributed by atoms with Gasteiger partial charge < -0.3 is 4.74 Å². The summed E-state index contributed by atoms with van der Waals surface area (Å²) in [7, 11) is -3.48. The lowest BCUT2D eigenvalue weighted by atomic mass is 10.2. The maximum Gasteiger partial charge on any atom is 0.272 e. The highest BCUT2D eigenvalue weighted by molar-refractivity contribution is 7.89. The Bertz CT molecular complexity index is 790. The van der Waals surface area contributed by atoms with E-state index in [0.717, 1.165) is 11.4 Å². The summed E-state index contributed by atoms with van der Waals surface area (Å²) in [4.78, 5) is 3.22. The lowest BCUT2D eigenvalue weighted by Gasteiger charge is -2.25. The molecule has 24 heavy (non-hydrogen) atoms. The van der Waals surface area contributed by atoms with Crippen molar-refractivity contribution in [2.24, 2.45) is 0 Å². The Morgan fingerprint density at radius 1 is 1.17 bits per heavy atom. The Kier molecular flexibility index (Phi) is 5.35. The van der Waals surface area contributed by atoms with Crippen LogP contribution in [0.4, 0.5) is 5.82 Å². The van der Waals surface area contributed by atoms with E-state index in [9.17, 15) is 8.42 Å². The largest absolute Gasteiger partial charge is 0.379 e. The van der Waals surface area contributed by atoms with Gasteiger partial charge in [-0.05, 0) is 12.1 Å². The van der Waals surface area contributed by atoms with Gasteiger partial charge in [0.1, 0.15) is 17.6 Å². The number of nitrogens with one attached hydrogen (secondary N) is 2. The molecule has 0 unspecified atom stereocenters. The van der Waals surface area contributed by atoms with Crippen LogP contribution >= 0.6 is 11.6 Å². The summed E-state index contributed by atoms with van der Waals surface area (Å²) < 4.78 is 31.7.